The maximum Gasteiger partial charge on any atom is 0.160 e. The molecule has 0 aliphatic carbocycles. The topological polar surface area (TPSA) is 68.9 Å². The Bertz CT molecular complexity index is 1180. The predicted octanol–water partition coefficient (Wildman–Crippen LogP) is 4.91. The molecule has 6 heteroatoms. The number of rotatable bonds is 3. The summed E-state index contributed by atoms with van der Waals surface area (Å²) in [6.45, 7) is 5.23. The number of ketones is 1. The zero-order valence-electron chi connectivity index (χ0n) is 15.1. The summed E-state index contributed by atoms with van der Waals surface area (Å²) in [4.78, 5) is 16.9. The van der Waals surface area contributed by atoms with Crippen LogP contribution in [0.4, 0.5) is 4.39 Å². The zero-order valence-corrected chi connectivity index (χ0v) is 15.1. The number of fused-ring (bicyclic) bond motifs is 1. The third kappa shape index (κ3) is 2.99. The normalized spacial score (nSPS) is 11.1. The highest BCUT2D eigenvalue weighted by Gasteiger charge is 2.19. The van der Waals surface area contributed by atoms with Gasteiger partial charge in [-0.2, -0.15) is 0 Å². The number of carbonyl (C=O) groups excluding carboxylic acids is 1. The Morgan fingerprint density at radius 2 is 1.74 bits per heavy atom. The first kappa shape index (κ1) is 17.0. The molecule has 2 aromatic carbocycles. The summed E-state index contributed by atoms with van der Waals surface area (Å²) >= 11 is 0. The highest BCUT2D eigenvalue weighted by atomic mass is 19.1. The van der Waals surface area contributed by atoms with Gasteiger partial charge in [-0.25, -0.2) is 14.0 Å². The van der Waals surface area contributed by atoms with Crippen LogP contribution in [0.2, 0.25) is 0 Å². The standard InChI is InChI=1S/C21H16FN3O2/c1-11-8-16(13(3)26)18-10-17(14-4-6-15(22)7-5-14)21(23-19(18)9-11)20-12(2)24-27-25-20/h4-10H,1-3H3. The molecule has 0 atom stereocenters. The Kier molecular flexibility index (Phi) is 4.03. The maximum absolute atomic E-state index is 13.4. The van der Waals surface area contributed by atoms with Crippen LogP contribution in [-0.2, 0) is 0 Å². The lowest BCUT2D eigenvalue weighted by Crippen LogP contribution is -1.99. The molecule has 0 spiro atoms. The number of benzene rings is 2. The van der Waals surface area contributed by atoms with Crippen LogP contribution in [-0.4, -0.2) is 21.1 Å². The van der Waals surface area contributed by atoms with E-state index in [1.165, 1.54) is 19.1 Å². The third-order valence-corrected chi connectivity index (χ3v) is 4.49. The second kappa shape index (κ2) is 6.39. The molecule has 0 unspecified atom stereocenters. The average Bonchev–Trinajstić information content (AvgIpc) is 3.06. The van der Waals surface area contributed by atoms with E-state index in [4.69, 9.17) is 9.61 Å². The molecule has 0 aliphatic heterocycles. The second-order valence-corrected chi connectivity index (χ2v) is 6.53. The highest BCUT2D eigenvalue weighted by Crippen LogP contribution is 2.35. The first-order valence-corrected chi connectivity index (χ1v) is 8.46. The number of pyridine rings is 1. The van der Waals surface area contributed by atoms with Crippen LogP contribution in [0, 0.1) is 19.7 Å². The molecule has 27 heavy (non-hydrogen) atoms. The van der Waals surface area contributed by atoms with Crippen LogP contribution in [0.15, 0.2) is 47.1 Å². The van der Waals surface area contributed by atoms with Gasteiger partial charge >= 0.3 is 0 Å². The molecule has 0 saturated heterocycles. The van der Waals surface area contributed by atoms with Gasteiger partial charge in [0.05, 0.1) is 5.52 Å². The van der Waals surface area contributed by atoms with Crippen LogP contribution in [0.3, 0.4) is 0 Å². The first-order chi connectivity index (χ1) is 12.9. The second-order valence-electron chi connectivity index (χ2n) is 6.53. The molecular formula is C21H16FN3O2. The minimum atomic E-state index is -0.326. The Labute approximate surface area is 154 Å². The van der Waals surface area contributed by atoms with Crippen LogP contribution >= 0.6 is 0 Å². The van der Waals surface area contributed by atoms with Gasteiger partial charge in [0.15, 0.2) is 11.5 Å². The zero-order chi connectivity index (χ0) is 19.1. The van der Waals surface area contributed by atoms with Crippen molar-refractivity contribution in [2.75, 3.05) is 0 Å². The van der Waals surface area contributed by atoms with Crippen molar-refractivity contribution < 1.29 is 13.8 Å². The minimum Gasteiger partial charge on any atom is -0.294 e. The van der Waals surface area contributed by atoms with Crippen molar-refractivity contribution >= 4 is 16.7 Å². The SMILES string of the molecule is CC(=O)c1cc(C)cc2nc(-c3nonc3C)c(-c3ccc(F)cc3)cc12. The fourth-order valence-electron chi connectivity index (χ4n) is 3.18. The lowest BCUT2D eigenvalue weighted by molar-refractivity contribution is 0.101. The summed E-state index contributed by atoms with van der Waals surface area (Å²) in [6, 6.07) is 11.8. The molecule has 0 aliphatic rings. The van der Waals surface area contributed by atoms with E-state index in [1.54, 1.807) is 19.1 Å². The summed E-state index contributed by atoms with van der Waals surface area (Å²) in [5.41, 5.74) is 5.41. The summed E-state index contributed by atoms with van der Waals surface area (Å²) < 4.78 is 18.3. The number of hydrogen-bond donors (Lipinski definition) is 0. The fraction of sp³-hybridized carbons (Fsp3) is 0.143. The van der Waals surface area contributed by atoms with E-state index in [1.807, 2.05) is 25.1 Å². The van der Waals surface area contributed by atoms with E-state index in [0.29, 0.717) is 28.2 Å². The molecule has 134 valence electrons. The van der Waals surface area contributed by atoms with E-state index in [2.05, 4.69) is 10.3 Å². The van der Waals surface area contributed by atoms with Crippen LogP contribution < -0.4 is 0 Å². The Balaban J connectivity index is 2.10. The summed E-state index contributed by atoms with van der Waals surface area (Å²) in [5, 5.41) is 8.57. The van der Waals surface area contributed by atoms with Gasteiger partial charge < -0.3 is 0 Å². The number of halogens is 1. The van der Waals surface area contributed by atoms with Crippen molar-refractivity contribution in [2.45, 2.75) is 20.8 Å². The molecule has 4 rings (SSSR count). The van der Waals surface area contributed by atoms with Gasteiger partial charge in [-0.3, -0.25) is 4.79 Å². The lowest BCUT2D eigenvalue weighted by atomic mass is 9.95. The Morgan fingerprint density at radius 1 is 1.00 bits per heavy atom. The molecule has 0 N–H and O–H groups in total. The molecule has 0 radical (unpaired) electrons. The van der Waals surface area contributed by atoms with Gasteiger partial charge in [0.2, 0.25) is 0 Å². The van der Waals surface area contributed by atoms with E-state index in [9.17, 15) is 9.18 Å². The summed E-state index contributed by atoms with van der Waals surface area (Å²) in [6.07, 6.45) is 0. The summed E-state index contributed by atoms with van der Waals surface area (Å²) in [5.74, 6) is -0.365. The van der Waals surface area contributed by atoms with Crippen molar-refractivity contribution in [2.24, 2.45) is 0 Å². The molecule has 5 nitrogen and oxygen atoms in total. The number of carbonyl (C=O) groups is 1. The third-order valence-electron chi connectivity index (χ3n) is 4.49. The summed E-state index contributed by atoms with van der Waals surface area (Å²) in [7, 11) is 0. The fourth-order valence-corrected chi connectivity index (χ4v) is 3.18. The first-order valence-electron chi connectivity index (χ1n) is 8.46. The van der Waals surface area contributed by atoms with E-state index in [-0.39, 0.29) is 11.6 Å². The van der Waals surface area contributed by atoms with E-state index in [0.717, 1.165) is 22.1 Å². The molecule has 2 aromatic heterocycles. The van der Waals surface area contributed by atoms with Gasteiger partial charge in [0, 0.05) is 16.5 Å². The number of aryl methyl sites for hydroxylation is 2. The molecule has 4 aromatic rings. The van der Waals surface area contributed by atoms with Gasteiger partial charge in [0.1, 0.15) is 17.2 Å². The van der Waals surface area contributed by atoms with Crippen LogP contribution in [0.5, 0.6) is 0 Å². The van der Waals surface area contributed by atoms with Gasteiger partial charge in [-0.05, 0) is 67.4 Å². The maximum atomic E-state index is 13.4. The largest absolute Gasteiger partial charge is 0.294 e. The van der Waals surface area contributed by atoms with Gasteiger partial charge in [-0.15, -0.1) is 0 Å². The number of nitrogens with zero attached hydrogens (tertiary/aromatic N) is 3. The van der Waals surface area contributed by atoms with Crippen molar-refractivity contribution in [3.05, 3.63) is 65.1 Å². The Hall–Kier alpha value is -3.41. The van der Waals surface area contributed by atoms with Crippen molar-refractivity contribution in [1.82, 2.24) is 15.3 Å². The molecule has 0 saturated carbocycles. The molecule has 2 heterocycles. The molecule has 0 bridgehead atoms. The van der Waals surface area contributed by atoms with Gasteiger partial charge in [0.25, 0.3) is 0 Å². The van der Waals surface area contributed by atoms with Crippen molar-refractivity contribution in [3.63, 3.8) is 0 Å². The van der Waals surface area contributed by atoms with Crippen molar-refractivity contribution in [3.8, 4) is 22.5 Å². The highest BCUT2D eigenvalue weighted by molar-refractivity contribution is 6.08. The lowest BCUT2D eigenvalue weighted by Gasteiger charge is -2.12. The average molecular weight is 361 g/mol. The van der Waals surface area contributed by atoms with Crippen molar-refractivity contribution in [1.29, 1.82) is 0 Å². The number of hydrogen-bond acceptors (Lipinski definition) is 5. The minimum absolute atomic E-state index is 0.0393. The van der Waals surface area contributed by atoms with Crippen LogP contribution in [0.1, 0.15) is 28.5 Å². The van der Waals surface area contributed by atoms with Gasteiger partial charge in [-0.1, -0.05) is 17.3 Å². The number of Topliss-reactive ketones (excluding diaryl/α,β-unsaturated/α-hetero) is 1. The monoisotopic (exact) mass is 361 g/mol. The molecule has 0 fully saturated rings. The van der Waals surface area contributed by atoms with E-state index < -0.39 is 0 Å². The smallest absolute Gasteiger partial charge is 0.160 e. The van der Waals surface area contributed by atoms with Crippen LogP contribution in [0.25, 0.3) is 33.4 Å². The quantitative estimate of drug-likeness (QED) is 0.485. The molecular weight excluding hydrogens is 345 g/mol. The Morgan fingerprint density at radius 3 is 2.37 bits per heavy atom. The molecule has 0 amide bonds. The predicted molar refractivity (Wildman–Crippen MR) is 99.9 cm³/mol. The number of aromatic nitrogens is 3. The van der Waals surface area contributed by atoms with E-state index >= 15 is 0 Å².